The molecule has 0 unspecified atom stereocenters. The summed E-state index contributed by atoms with van der Waals surface area (Å²) in [6, 6.07) is 11.1. The highest BCUT2D eigenvalue weighted by Gasteiger charge is 2.21. The van der Waals surface area contributed by atoms with Crippen molar-refractivity contribution in [2.45, 2.75) is 13.0 Å². The lowest BCUT2D eigenvalue weighted by molar-refractivity contribution is 0.0760. The van der Waals surface area contributed by atoms with Gasteiger partial charge in [0.05, 0.1) is 0 Å². The normalized spacial score (nSPS) is 15.9. The largest absolute Gasteiger partial charge is 0.337 e. The standard InChI is InChI=1S/C19H19BrF2N2O/c20-16-4-1-3-14(9-16)13-23-5-2-6-24(8-7-23)19(25)15-10-17(21)12-18(22)11-15/h1,3-4,9-12H,2,5-8,13H2. The molecule has 0 radical (unpaired) electrons. The number of nitrogens with zero attached hydrogens (tertiary/aromatic N) is 2. The van der Waals surface area contributed by atoms with Crippen LogP contribution in [0.2, 0.25) is 0 Å². The van der Waals surface area contributed by atoms with Gasteiger partial charge < -0.3 is 4.90 Å². The van der Waals surface area contributed by atoms with Gasteiger partial charge in [-0.15, -0.1) is 0 Å². The second-order valence-corrected chi connectivity index (χ2v) is 7.13. The van der Waals surface area contributed by atoms with Gasteiger partial charge in [-0.25, -0.2) is 8.78 Å². The van der Waals surface area contributed by atoms with Gasteiger partial charge in [0.15, 0.2) is 0 Å². The Balaban J connectivity index is 1.64. The molecule has 1 amide bonds. The fraction of sp³-hybridized carbons (Fsp3) is 0.316. The van der Waals surface area contributed by atoms with Crippen LogP contribution in [0, 0.1) is 11.6 Å². The minimum Gasteiger partial charge on any atom is -0.337 e. The van der Waals surface area contributed by atoms with Crippen LogP contribution in [0.3, 0.4) is 0 Å². The van der Waals surface area contributed by atoms with E-state index < -0.39 is 11.6 Å². The summed E-state index contributed by atoms with van der Waals surface area (Å²) in [5.74, 6) is -1.77. The van der Waals surface area contributed by atoms with E-state index in [4.69, 9.17) is 0 Å². The molecule has 0 spiro atoms. The van der Waals surface area contributed by atoms with Crippen LogP contribution in [0.1, 0.15) is 22.3 Å². The number of carbonyl (C=O) groups excluding carboxylic acids is 1. The van der Waals surface area contributed by atoms with E-state index in [2.05, 4.69) is 33.0 Å². The lowest BCUT2D eigenvalue weighted by atomic mass is 10.2. The zero-order chi connectivity index (χ0) is 17.8. The van der Waals surface area contributed by atoms with Gasteiger partial charge >= 0.3 is 0 Å². The molecule has 0 N–H and O–H groups in total. The van der Waals surface area contributed by atoms with E-state index in [9.17, 15) is 13.6 Å². The molecule has 2 aromatic rings. The van der Waals surface area contributed by atoms with Crippen LogP contribution < -0.4 is 0 Å². The molecule has 1 fully saturated rings. The van der Waals surface area contributed by atoms with E-state index in [1.807, 2.05) is 12.1 Å². The summed E-state index contributed by atoms with van der Waals surface area (Å²) in [5.41, 5.74) is 1.28. The Morgan fingerprint density at radius 3 is 2.48 bits per heavy atom. The van der Waals surface area contributed by atoms with E-state index in [1.54, 1.807) is 4.90 Å². The van der Waals surface area contributed by atoms with Gasteiger partial charge in [0.2, 0.25) is 0 Å². The third-order valence-corrected chi connectivity index (χ3v) is 4.77. The summed E-state index contributed by atoms with van der Waals surface area (Å²) in [7, 11) is 0. The van der Waals surface area contributed by atoms with Crippen molar-refractivity contribution in [2.24, 2.45) is 0 Å². The summed E-state index contributed by atoms with van der Waals surface area (Å²) in [6.07, 6.45) is 0.831. The highest BCUT2D eigenvalue weighted by atomic mass is 79.9. The van der Waals surface area contributed by atoms with Gasteiger partial charge in [-0.2, -0.15) is 0 Å². The van der Waals surface area contributed by atoms with Crippen molar-refractivity contribution in [2.75, 3.05) is 26.2 Å². The average molecular weight is 409 g/mol. The maximum atomic E-state index is 13.3. The number of hydrogen-bond acceptors (Lipinski definition) is 2. The Labute approximate surface area is 154 Å². The van der Waals surface area contributed by atoms with Crippen LogP contribution in [-0.2, 0) is 6.54 Å². The molecular weight excluding hydrogens is 390 g/mol. The van der Waals surface area contributed by atoms with Crippen LogP contribution in [0.5, 0.6) is 0 Å². The topological polar surface area (TPSA) is 23.6 Å². The van der Waals surface area contributed by atoms with E-state index in [0.717, 1.165) is 48.7 Å². The van der Waals surface area contributed by atoms with Crippen molar-refractivity contribution < 1.29 is 13.6 Å². The number of rotatable bonds is 3. The molecule has 1 saturated heterocycles. The molecule has 3 nitrogen and oxygen atoms in total. The fourth-order valence-electron chi connectivity index (χ4n) is 3.09. The van der Waals surface area contributed by atoms with Crippen molar-refractivity contribution in [3.05, 3.63) is 69.7 Å². The second kappa shape index (κ2) is 8.06. The average Bonchev–Trinajstić information content (AvgIpc) is 2.79. The first-order chi connectivity index (χ1) is 12.0. The second-order valence-electron chi connectivity index (χ2n) is 6.21. The van der Waals surface area contributed by atoms with Gasteiger partial charge in [-0.1, -0.05) is 28.1 Å². The van der Waals surface area contributed by atoms with Crippen LogP contribution in [0.25, 0.3) is 0 Å². The summed E-state index contributed by atoms with van der Waals surface area (Å²) in [4.78, 5) is 16.5. The molecule has 25 heavy (non-hydrogen) atoms. The molecular formula is C19H19BrF2N2O. The minimum atomic E-state index is -0.727. The Hall–Kier alpha value is -1.79. The highest BCUT2D eigenvalue weighted by molar-refractivity contribution is 9.10. The van der Waals surface area contributed by atoms with Crippen molar-refractivity contribution in [3.63, 3.8) is 0 Å². The predicted octanol–water partition coefficient (Wildman–Crippen LogP) is 4.08. The molecule has 0 aliphatic carbocycles. The molecule has 2 aromatic carbocycles. The molecule has 3 rings (SSSR count). The van der Waals surface area contributed by atoms with Gasteiger partial charge in [0, 0.05) is 48.8 Å². The van der Waals surface area contributed by atoms with Gasteiger partial charge in [-0.05, 0) is 36.2 Å². The highest BCUT2D eigenvalue weighted by Crippen LogP contribution is 2.16. The molecule has 132 valence electrons. The third kappa shape index (κ3) is 4.86. The summed E-state index contributed by atoms with van der Waals surface area (Å²) in [5, 5.41) is 0. The van der Waals surface area contributed by atoms with Crippen LogP contribution in [0.15, 0.2) is 46.9 Å². The monoisotopic (exact) mass is 408 g/mol. The molecule has 1 aliphatic rings. The molecule has 6 heteroatoms. The van der Waals surface area contributed by atoms with E-state index in [1.165, 1.54) is 5.56 Å². The Morgan fingerprint density at radius 1 is 1.00 bits per heavy atom. The first kappa shape index (κ1) is 18.0. The quantitative estimate of drug-likeness (QED) is 0.763. The van der Waals surface area contributed by atoms with Gasteiger partial charge in [0.25, 0.3) is 5.91 Å². The van der Waals surface area contributed by atoms with Crippen molar-refractivity contribution in [1.29, 1.82) is 0 Å². The van der Waals surface area contributed by atoms with Gasteiger partial charge in [-0.3, -0.25) is 9.69 Å². The van der Waals surface area contributed by atoms with Crippen molar-refractivity contribution in [3.8, 4) is 0 Å². The molecule has 0 saturated carbocycles. The zero-order valence-corrected chi connectivity index (χ0v) is 15.3. The first-order valence-corrected chi connectivity index (χ1v) is 9.03. The molecule has 0 aromatic heterocycles. The summed E-state index contributed by atoms with van der Waals surface area (Å²) in [6.45, 7) is 3.57. The van der Waals surface area contributed by atoms with Crippen LogP contribution in [-0.4, -0.2) is 41.9 Å². The molecule has 0 atom stereocenters. The number of halogens is 3. The number of benzene rings is 2. The lowest BCUT2D eigenvalue weighted by Crippen LogP contribution is -2.35. The van der Waals surface area contributed by atoms with Crippen LogP contribution >= 0.6 is 15.9 Å². The fourth-order valence-corrected chi connectivity index (χ4v) is 3.53. The van der Waals surface area contributed by atoms with E-state index in [-0.39, 0.29) is 11.5 Å². The molecule has 1 aliphatic heterocycles. The minimum absolute atomic E-state index is 0.0675. The molecule has 1 heterocycles. The maximum Gasteiger partial charge on any atom is 0.254 e. The van der Waals surface area contributed by atoms with E-state index in [0.29, 0.717) is 13.1 Å². The van der Waals surface area contributed by atoms with E-state index >= 15 is 0 Å². The van der Waals surface area contributed by atoms with Crippen molar-refractivity contribution >= 4 is 21.8 Å². The lowest BCUT2D eigenvalue weighted by Gasteiger charge is -2.22. The van der Waals surface area contributed by atoms with Crippen molar-refractivity contribution in [1.82, 2.24) is 9.80 Å². The molecule has 0 bridgehead atoms. The Bertz CT molecular complexity index is 749. The number of carbonyl (C=O) groups is 1. The SMILES string of the molecule is O=C(c1cc(F)cc(F)c1)N1CCCN(Cc2cccc(Br)c2)CC1. The summed E-state index contributed by atoms with van der Waals surface area (Å²) >= 11 is 3.48. The Kier molecular flexibility index (Phi) is 5.81. The van der Waals surface area contributed by atoms with Crippen LogP contribution in [0.4, 0.5) is 8.78 Å². The smallest absolute Gasteiger partial charge is 0.254 e. The zero-order valence-electron chi connectivity index (χ0n) is 13.7. The summed E-state index contributed by atoms with van der Waals surface area (Å²) < 4.78 is 27.7. The Morgan fingerprint density at radius 2 is 1.76 bits per heavy atom. The van der Waals surface area contributed by atoms with Gasteiger partial charge in [0.1, 0.15) is 11.6 Å². The number of amides is 1. The first-order valence-electron chi connectivity index (χ1n) is 8.23. The maximum absolute atomic E-state index is 13.3. The predicted molar refractivity (Wildman–Crippen MR) is 96.3 cm³/mol. The number of hydrogen-bond donors (Lipinski definition) is 0. The third-order valence-electron chi connectivity index (χ3n) is 4.28.